The smallest absolute Gasteiger partial charge is 0.231 e. The first-order valence-corrected chi connectivity index (χ1v) is 3.86. The Morgan fingerprint density at radius 3 is 2.69 bits per heavy atom. The Hall–Kier alpha value is -1.82. The van der Waals surface area contributed by atoms with Gasteiger partial charge in [0, 0.05) is 11.6 Å². The quantitative estimate of drug-likeness (QED) is 0.607. The normalized spacial score (nSPS) is 12.1. The fourth-order valence-electron chi connectivity index (χ4n) is 1.24. The summed E-state index contributed by atoms with van der Waals surface area (Å²) in [7, 11) is 0. The average Bonchev–Trinajstić information content (AvgIpc) is 2.52. The van der Waals surface area contributed by atoms with Gasteiger partial charge >= 0.3 is 0 Å². The van der Waals surface area contributed by atoms with Crippen LogP contribution in [-0.4, -0.2) is 11.9 Å². The van der Waals surface area contributed by atoms with Crippen molar-refractivity contribution in [1.82, 2.24) is 0 Å². The van der Waals surface area contributed by atoms with Crippen molar-refractivity contribution in [3.63, 3.8) is 0 Å². The van der Waals surface area contributed by atoms with Crippen LogP contribution in [0.5, 0.6) is 11.5 Å². The fraction of sp³-hybridized carbons (Fsp3) is 0.200. The fourth-order valence-corrected chi connectivity index (χ4v) is 1.24. The molecule has 0 saturated carbocycles. The van der Waals surface area contributed by atoms with Crippen molar-refractivity contribution in [3.05, 3.63) is 23.3 Å². The van der Waals surface area contributed by atoms with Crippen LogP contribution in [0.2, 0.25) is 0 Å². The van der Waals surface area contributed by atoms with Crippen LogP contribution < -0.4 is 9.47 Å². The van der Waals surface area contributed by atoms with Crippen molar-refractivity contribution in [2.24, 2.45) is 0 Å². The minimum Gasteiger partial charge on any atom is -0.462 e. The third-order valence-electron chi connectivity index (χ3n) is 1.91. The van der Waals surface area contributed by atoms with E-state index < -0.39 is 0 Å². The predicted molar refractivity (Wildman–Crippen MR) is 46.1 cm³/mol. The number of aliphatic hydroxyl groups excluding tert-OH is 1. The van der Waals surface area contributed by atoms with Gasteiger partial charge in [-0.05, 0) is 24.5 Å². The molecule has 2 rings (SSSR count). The molecule has 0 bridgehead atoms. The summed E-state index contributed by atoms with van der Waals surface area (Å²) in [5.41, 5.74) is 1.72. The van der Waals surface area contributed by atoms with Crippen molar-refractivity contribution in [2.75, 3.05) is 6.79 Å². The van der Waals surface area contributed by atoms with E-state index in [4.69, 9.17) is 14.6 Å². The van der Waals surface area contributed by atoms with Crippen LogP contribution in [0.1, 0.15) is 11.1 Å². The van der Waals surface area contributed by atoms with Crippen molar-refractivity contribution in [2.45, 2.75) is 6.92 Å². The van der Waals surface area contributed by atoms with Crippen molar-refractivity contribution in [1.29, 1.82) is 0 Å². The molecule has 1 aromatic rings. The van der Waals surface area contributed by atoms with Gasteiger partial charge in [-0.15, -0.1) is 0 Å². The lowest BCUT2D eigenvalue weighted by molar-refractivity contribution is 0.174. The van der Waals surface area contributed by atoms with Gasteiger partial charge in [0.2, 0.25) is 6.79 Å². The zero-order valence-corrected chi connectivity index (χ0v) is 7.13. The van der Waals surface area contributed by atoms with Crippen molar-refractivity contribution in [3.8, 4) is 23.5 Å². The van der Waals surface area contributed by atoms with Crippen LogP contribution in [0.25, 0.3) is 0 Å². The lowest BCUT2D eigenvalue weighted by Gasteiger charge is -2.00. The highest BCUT2D eigenvalue weighted by molar-refractivity contribution is 5.53. The summed E-state index contributed by atoms with van der Waals surface area (Å²) in [6, 6.07) is 3.61. The molecule has 0 unspecified atom stereocenters. The molecular formula is C10H8O3. The van der Waals surface area contributed by atoms with E-state index in [1.807, 2.05) is 19.1 Å². The molecule has 0 atom stereocenters. The zero-order valence-electron chi connectivity index (χ0n) is 7.13. The van der Waals surface area contributed by atoms with Gasteiger partial charge in [0.25, 0.3) is 0 Å². The minimum atomic E-state index is 0.255. The van der Waals surface area contributed by atoms with E-state index >= 15 is 0 Å². The lowest BCUT2D eigenvalue weighted by atomic mass is 10.1. The Morgan fingerprint density at radius 2 is 2.00 bits per heavy atom. The molecule has 0 fully saturated rings. The molecule has 0 spiro atoms. The number of hydrogen-bond donors (Lipinski definition) is 1. The number of benzene rings is 1. The third-order valence-corrected chi connectivity index (χ3v) is 1.91. The topological polar surface area (TPSA) is 38.7 Å². The Kier molecular flexibility index (Phi) is 1.75. The molecule has 0 aromatic heterocycles. The second-order valence-electron chi connectivity index (χ2n) is 2.76. The number of hydrogen-bond acceptors (Lipinski definition) is 3. The van der Waals surface area contributed by atoms with Crippen LogP contribution in [0.3, 0.4) is 0 Å². The molecule has 3 heteroatoms. The first-order valence-electron chi connectivity index (χ1n) is 3.86. The van der Waals surface area contributed by atoms with Gasteiger partial charge in [-0.2, -0.15) is 0 Å². The summed E-state index contributed by atoms with van der Waals surface area (Å²) < 4.78 is 10.3. The largest absolute Gasteiger partial charge is 0.462 e. The van der Waals surface area contributed by atoms with E-state index in [1.165, 1.54) is 0 Å². The minimum absolute atomic E-state index is 0.255. The highest BCUT2D eigenvalue weighted by Crippen LogP contribution is 2.34. The van der Waals surface area contributed by atoms with Gasteiger partial charge in [-0.25, -0.2) is 0 Å². The van der Waals surface area contributed by atoms with Gasteiger partial charge in [0.05, 0.1) is 0 Å². The van der Waals surface area contributed by atoms with E-state index in [2.05, 4.69) is 5.92 Å². The molecule has 1 aliphatic heterocycles. The molecule has 66 valence electrons. The maximum absolute atomic E-state index is 8.46. The molecule has 0 radical (unpaired) electrons. The van der Waals surface area contributed by atoms with Crippen molar-refractivity contribution < 1.29 is 14.6 Å². The standard InChI is InChI=1S/C10H8O3/c1-7-4-9-10(13-6-12-9)5-8(7)2-3-11/h4-5,11H,6H2,1H3. The maximum Gasteiger partial charge on any atom is 0.231 e. The van der Waals surface area contributed by atoms with Crippen LogP contribution in [0.4, 0.5) is 0 Å². The van der Waals surface area contributed by atoms with E-state index in [1.54, 1.807) is 6.07 Å². The number of fused-ring (bicyclic) bond motifs is 1. The SMILES string of the molecule is Cc1cc2c(cc1C#CO)OCO2. The molecule has 1 heterocycles. The predicted octanol–water partition coefficient (Wildman–Crippen LogP) is 1.41. The summed E-state index contributed by atoms with van der Waals surface area (Å²) in [6.45, 7) is 2.16. The molecule has 0 amide bonds. The molecular weight excluding hydrogens is 168 g/mol. The molecule has 13 heavy (non-hydrogen) atoms. The van der Waals surface area contributed by atoms with Gasteiger partial charge in [-0.1, -0.05) is 0 Å². The number of aryl methyl sites for hydroxylation is 1. The van der Waals surface area contributed by atoms with Crippen LogP contribution in [0.15, 0.2) is 12.1 Å². The summed E-state index contributed by atoms with van der Waals surface area (Å²) >= 11 is 0. The van der Waals surface area contributed by atoms with Gasteiger partial charge in [-0.3, -0.25) is 0 Å². The molecule has 3 nitrogen and oxygen atoms in total. The summed E-state index contributed by atoms with van der Waals surface area (Å²) in [5.74, 6) is 4.00. The van der Waals surface area contributed by atoms with E-state index in [0.717, 1.165) is 16.9 Å². The molecule has 1 aromatic carbocycles. The first kappa shape index (κ1) is 7.81. The molecule has 1 N–H and O–H groups in total. The van der Waals surface area contributed by atoms with Crippen LogP contribution in [0, 0.1) is 19.0 Å². The number of rotatable bonds is 0. The van der Waals surface area contributed by atoms with E-state index in [9.17, 15) is 0 Å². The Morgan fingerprint density at radius 1 is 1.31 bits per heavy atom. The van der Waals surface area contributed by atoms with Gasteiger partial charge in [0.15, 0.2) is 11.5 Å². The van der Waals surface area contributed by atoms with Crippen LogP contribution in [-0.2, 0) is 0 Å². The Bertz CT molecular complexity index is 399. The molecule has 0 saturated heterocycles. The zero-order chi connectivity index (χ0) is 9.26. The van der Waals surface area contributed by atoms with Crippen molar-refractivity contribution >= 4 is 0 Å². The monoisotopic (exact) mass is 176 g/mol. The van der Waals surface area contributed by atoms with E-state index in [0.29, 0.717) is 5.75 Å². The summed E-state index contributed by atoms with van der Waals surface area (Å²) in [5, 5.41) is 8.46. The maximum atomic E-state index is 8.46. The second-order valence-corrected chi connectivity index (χ2v) is 2.76. The summed E-state index contributed by atoms with van der Waals surface area (Å²) in [6.07, 6.45) is 1.87. The Labute approximate surface area is 75.9 Å². The highest BCUT2D eigenvalue weighted by Gasteiger charge is 2.14. The Balaban J connectivity index is 2.53. The third kappa shape index (κ3) is 1.27. The number of ether oxygens (including phenoxy) is 2. The molecule has 1 aliphatic rings. The second kappa shape index (κ2) is 2.91. The van der Waals surface area contributed by atoms with Gasteiger partial charge < -0.3 is 14.6 Å². The van der Waals surface area contributed by atoms with E-state index in [-0.39, 0.29) is 6.79 Å². The first-order chi connectivity index (χ1) is 6.31. The average molecular weight is 176 g/mol. The molecule has 0 aliphatic carbocycles. The van der Waals surface area contributed by atoms with Gasteiger partial charge in [0.1, 0.15) is 6.11 Å². The highest BCUT2D eigenvalue weighted by atomic mass is 16.7. The lowest BCUT2D eigenvalue weighted by Crippen LogP contribution is -1.92. The number of aliphatic hydroxyl groups is 1. The van der Waals surface area contributed by atoms with Crippen LogP contribution >= 0.6 is 0 Å². The summed E-state index contributed by atoms with van der Waals surface area (Å²) in [4.78, 5) is 0.